The van der Waals surface area contributed by atoms with Crippen LogP contribution in [0.1, 0.15) is 12.8 Å². The van der Waals surface area contributed by atoms with Crippen molar-refractivity contribution in [3.63, 3.8) is 0 Å². The van der Waals surface area contributed by atoms with E-state index >= 15 is 0 Å². The predicted molar refractivity (Wildman–Crippen MR) is 110 cm³/mol. The van der Waals surface area contributed by atoms with Gasteiger partial charge in [-0.05, 0) is 31.0 Å². The summed E-state index contributed by atoms with van der Waals surface area (Å²) in [6, 6.07) is 5.65. The number of carboxylic acid groups (broad SMARTS) is 1. The first-order valence-electron chi connectivity index (χ1n) is 9.60. The van der Waals surface area contributed by atoms with E-state index in [2.05, 4.69) is 25.3 Å². The van der Waals surface area contributed by atoms with Gasteiger partial charge < -0.3 is 25.8 Å². The van der Waals surface area contributed by atoms with E-state index in [9.17, 15) is 14.3 Å². The molecule has 3 heterocycles. The van der Waals surface area contributed by atoms with Gasteiger partial charge in [0.25, 0.3) is 0 Å². The van der Waals surface area contributed by atoms with Crippen LogP contribution in [0.3, 0.4) is 0 Å². The van der Waals surface area contributed by atoms with Gasteiger partial charge in [0.05, 0.1) is 11.3 Å². The van der Waals surface area contributed by atoms with Crippen molar-refractivity contribution < 1.29 is 19.0 Å². The second-order valence-corrected chi connectivity index (χ2v) is 7.01. The number of nitrogens with one attached hydrogen (secondary N) is 1. The van der Waals surface area contributed by atoms with Gasteiger partial charge in [-0.1, -0.05) is 0 Å². The van der Waals surface area contributed by atoms with Gasteiger partial charge in [0, 0.05) is 43.3 Å². The molecule has 10 nitrogen and oxygen atoms in total. The number of hydrogen-bond donors (Lipinski definition) is 3. The summed E-state index contributed by atoms with van der Waals surface area (Å²) in [4.78, 5) is 29.4. The fourth-order valence-electron chi connectivity index (χ4n) is 3.31. The molecule has 1 amide bonds. The smallest absolute Gasteiger partial charge is 0.407 e. The average Bonchev–Trinajstić information content (AvgIpc) is 2.76. The third kappa shape index (κ3) is 4.77. The van der Waals surface area contributed by atoms with Gasteiger partial charge in [0.1, 0.15) is 6.33 Å². The summed E-state index contributed by atoms with van der Waals surface area (Å²) >= 11 is 0. The van der Waals surface area contributed by atoms with Gasteiger partial charge in [0.15, 0.2) is 11.6 Å². The number of nitrogens with zero attached hydrogens (tertiary/aromatic N) is 5. The molecule has 3 aromatic rings. The van der Waals surface area contributed by atoms with Crippen LogP contribution < -0.4 is 15.8 Å². The van der Waals surface area contributed by atoms with Crippen LogP contribution in [0.4, 0.5) is 20.8 Å². The first-order valence-corrected chi connectivity index (χ1v) is 9.60. The Balaban J connectivity index is 1.56. The number of nitrogen functional groups attached to an aromatic ring is 1. The fourth-order valence-corrected chi connectivity index (χ4v) is 3.31. The maximum absolute atomic E-state index is 14.2. The second-order valence-electron chi connectivity index (χ2n) is 7.01. The lowest BCUT2D eigenvalue weighted by Crippen LogP contribution is -2.44. The van der Waals surface area contributed by atoms with Crippen LogP contribution in [0.15, 0.2) is 43.0 Å². The van der Waals surface area contributed by atoms with Crippen molar-refractivity contribution in [2.24, 2.45) is 0 Å². The predicted octanol–water partition coefficient (Wildman–Crippen LogP) is 3.00. The largest absolute Gasteiger partial charge is 0.465 e. The summed E-state index contributed by atoms with van der Waals surface area (Å²) in [7, 11) is 0. The molecule has 1 fully saturated rings. The van der Waals surface area contributed by atoms with E-state index in [0.29, 0.717) is 30.3 Å². The molecule has 0 unspecified atom stereocenters. The maximum atomic E-state index is 14.2. The molecule has 4 N–H and O–H groups in total. The number of anilines is 2. The van der Waals surface area contributed by atoms with Gasteiger partial charge in [-0.2, -0.15) is 0 Å². The lowest BCUT2D eigenvalue weighted by atomic mass is 10.1. The molecule has 31 heavy (non-hydrogen) atoms. The summed E-state index contributed by atoms with van der Waals surface area (Å²) in [5.41, 5.74) is 6.77. The highest BCUT2D eigenvalue weighted by atomic mass is 19.1. The Hall–Kier alpha value is -4.02. The Kier molecular flexibility index (Phi) is 5.74. The molecule has 4 rings (SSSR count). The number of hydrogen-bond acceptors (Lipinski definition) is 8. The number of nitrogens with two attached hydrogens (primary N) is 1. The van der Waals surface area contributed by atoms with Crippen LogP contribution in [0.2, 0.25) is 0 Å². The molecule has 0 aliphatic carbocycles. The highest BCUT2D eigenvalue weighted by molar-refractivity contribution is 5.66. The Morgan fingerprint density at radius 3 is 3.00 bits per heavy atom. The molecule has 0 saturated carbocycles. The molecule has 11 heteroatoms. The first-order chi connectivity index (χ1) is 15.0. The van der Waals surface area contributed by atoms with Gasteiger partial charge in [-0.15, -0.1) is 0 Å². The topological polar surface area (TPSA) is 139 Å². The number of rotatable bonds is 5. The van der Waals surface area contributed by atoms with Crippen LogP contribution in [-0.4, -0.2) is 55.2 Å². The summed E-state index contributed by atoms with van der Waals surface area (Å²) in [5.74, 6) is -0.186. The zero-order valence-corrected chi connectivity index (χ0v) is 16.4. The van der Waals surface area contributed by atoms with E-state index < -0.39 is 11.9 Å². The number of amides is 1. The molecule has 2 aromatic heterocycles. The number of benzene rings is 1. The molecular formula is C20H20FN7O3. The number of piperidine rings is 1. The summed E-state index contributed by atoms with van der Waals surface area (Å²) in [6.07, 6.45) is 4.97. The SMILES string of the molecule is Nc1ccc(Oc2ncncc2-c2ccnc(N[C@H]3CCCN(C(=O)O)C3)n2)c(F)c1. The van der Waals surface area contributed by atoms with Crippen LogP contribution >= 0.6 is 0 Å². The fraction of sp³-hybridized carbons (Fsp3) is 0.250. The number of likely N-dealkylation sites (tertiary alicyclic amines) is 1. The Bertz CT molecular complexity index is 1100. The molecule has 1 aromatic carbocycles. The van der Waals surface area contributed by atoms with Crippen molar-refractivity contribution in [2.75, 3.05) is 24.1 Å². The lowest BCUT2D eigenvalue weighted by molar-refractivity contribution is 0.132. The summed E-state index contributed by atoms with van der Waals surface area (Å²) in [5, 5.41) is 12.4. The lowest BCUT2D eigenvalue weighted by Gasteiger charge is -2.31. The van der Waals surface area contributed by atoms with Crippen LogP contribution in [0.25, 0.3) is 11.3 Å². The minimum atomic E-state index is -0.945. The van der Waals surface area contributed by atoms with E-state index in [4.69, 9.17) is 10.5 Å². The molecule has 1 atom stereocenters. The highest BCUT2D eigenvalue weighted by Gasteiger charge is 2.24. The average molecular weight is 425 g/mol. The zero-order chi connectivity index (χ0) is 21.8. The van der Waals surface area contributed by atoms with Crippen molar-refractivity contribution >= 4 is 17.7 Å². The maximum Gasteiger partial charge on any atom is 0.407 e. The van der Waals surface area contributed by atoms with Crippen molar-refractivity contribution in [3.8, 4) is 22.9 Å². The van der Waals surface area contributed by atoms with E-state index in [1.54, 1.807) is 12.3 Å². The van der Waals surface area contributed by atoms with E-state index in [1.165, 1.54) is 29.6 Å². The van der Waals surface area contributed by atoms with Crippen molar-refractivity contribution in [3.05, 3.63) is 48.8 Å². The van der Waals surface area contributed by atoms with Crippen molar-refractivity contribution in [2.45, 2.75) is 18.9 Å². The molecular weight excluding hydrogens is 405 g/mol. The summed E-state index contributed by atoms with van der Waals surface area (Å²) in [6.45, 7) is 0.861. The Morgan fingerprint density at radius 2 is 2.19 bits per heavy atom. The second kappa shape index (κ2) is 8.78. The van der Waals surface area contributed by atoms with Crippen molar-refractivity contribution in [1.82, 2.24) is 24.8 Å². The highest BCUT2D eigenvalue weighted by Crippen LogP contribution is 2.31. The number of aromatic nitrogens is 4. The number of ether oxygens (including phenoxy) is 1. The van der Waals surface area contributed by atoms with E-state index in [1.807, 2.05) is 0 Å². The molecule has 160 valence electrons. The minimum absolute atomic E-state index is 0.0301. The Labute approximate surface area is 176 Å². The standard InChI is InChI=1S/C20H20FN7O3/c21-15-8-12(22)3-4-17(15)31-18-14(9-23-11-25-18)16-5-6-24-19(27-16)26-13-2-1-7-28(10-13)20(29)30/h3-6,8-9,11,13H,1-2,7,10,22H2,(H,29,30)(H,24,26,27)/t13-/m0/s1. The Morgan fingerprint density at radius 1 is 1.32 bits per heavy atom. The third-order valence-electron chi connectivity index (χ3n) is 4.79. The van der Waals surface area contributed by atoms with Gasteiger partial charge in [0.2, 0.25) is 11.8 Å². The molecule has 0 radical (unpaired) electrons. The quantitative estimate of drug-likeness (QED) is 0.526. The van der Waals surface area contributed by atoms with Crippen molar-refractivity contribution in [1.29, 1.82) is 0 Å². The summed E-state index contributed by atoms with van der Waals surface area (Å²) < 4.78 is 19.8. The molecule has 0 bridgehead atoms. The van der Waals surface area contributed by atoms with Crippen LogP contribution in [-0.2, 0) is 0 Å². The molecule has 1 aliphatic rings. The first kappa shape index (κ1) is 20.3. The van der Waals surface area contributed by atoms with Gasteiger partial charge in [-0.25, -0.2) is 29.1 Å². The van der Waals surface area contributed by atoms with E-state index in [-0.39, 0.29) is 23.4 Å². The minimum Gasteiger partial charge on any atom is -0.465 e. The molecule has 1 saturated heterocycles. The number of carbonyl (C=O) groups is 1. The van der Waals surface area contributed by atoms with Gasteiger partial charge in [-0.3, -0.25) is 0 Å². The number of halogens is 1. The van der Waals surface area contributed by atoms with Gasteiger partial charge >= 0.3 is 6.09 Å². The molecule has 0 spiro atoms. The van der Waals surface area contributed by atoms with E-state index in [0.717, 1.165) is 18.9 Å². The third-order valence-corrected chi connectivity index (χ3v) is 4.79. The normalized spacial score (nSPS) is 16.0. The van der Waals surface area contributed by atoms with Crippen LogP contribution in [0.5, 0.6) is 11.6 Å². The zero-order valence-electron chi connectivity index (χ0n) is 16.4. The van der Waals surface area contributed by atoms with Crippen LogP contribution in [0, 0.1) is 5.82 Å². The monoisotopic (exact) mass is 425 g/mol. The molecule has 1 aliphatic heterocycles.